The van der Waals surface area contributed by atoms with E-state index < -0.39 is 34.0 Å². The van der Waals surface area contributed by atoms with Gasteiger partial charge in [0, 0.05) is 11.9 Å². The predicted molar refractivity (Wildman–Crippen MR) is 76.3 cm³/mol. The molecule has 0 saturated carbocycles. The molecule has 0 fully saturated rings. The van der Waals surface area contributed by atoms with Crippen molar-refractivity contribution in [2.45, 2.75) is 23.5 Å². The molecule has 0 heterocycles. The minimum absolute atomic E-state index is 0.125. The molecule has 8 heteroatoms. The second kappa shape index (κ2) is 7.53. The molecule has 0 aromatic heterocycles. The Kier molecular flexibility index (Phi) is 6.04. The van der Waals surface area contributed by atoms with Crippen LogP contribution in [0.5, 0.6) is 0 Å². The van der Waals surface area contributed by atoms with Crippen LogP contribution in [-0.4, -0.2) is 39.5 Å². The highest BCUT2D eigenvalue weighted by Crippen LogP contribution is 2.13. The molecule has 114 valence electrons. The van der Waals surface area contributed by atoms with Crippen molar-refractivity contribution in [2.75, 3.05) is 7.05 Å². The van der Waals surface area contributed by atoms with Crippen molar-refractivity contribution in [3.63, 3.8) is 0 Å². The Labute approximate surface area is 124 Å². The van der Waals surface area contributed by atoms with Crippen LogP contribution >= 0.6 is 0 Å². The summed E-state index contributed by atoms with van der Waals surface area (Å²) in [6, 6.07) is 5.45. The standard InChI is InChI=1S/C13H16N2O5S/c1-8(12(18)15-13(19)14-2)21(20)10-5-3-9(4-6-10)7-11(16)17/h3-6,8H,7H2,1-2H3,(H,16,17)(H2,14,15,18,19). The number of carbonyl (C=O) groups is 3. The van der Waals surface area contributed by atoms with Gasteiger partial charge in [-0.15, -0.1) is 0 Å². The molecule has 0 saturated heterocycles. The maximum atomic E-state index is 12.2. The molecule has 3 amide bonds. The minimum Gasteiger partial charge on any atom is -0.481 e. The largest absolute Gasteiger partial charge is 0.481 e. The summed E-state index contributed by atoms with van der Waals surface area (Å²) < 4.78 is 12.2. The Bertz CT molecular complexity index is 570. The Balaban J connectivity index is 2.76. The summed E-state index contributed by atoms with van der Waals surface area (Å²) in [5, 5.41) is 12.0. The molecule has 1 aromatic carbocycles. The van der Waals surface area contributed by atoms with Crippen LogP contribution < -0.4 is 10.6 Å². The highest BCUT2D eigenvalue weighted by Gasteiger charge is 2.22. The summed E-state index contributed by atoms with van der Waals surface area (Å²) in [4.78, 5) is 33.7. The van der Waals surface area contributed by atoms with E-state index in [4.69, 9.17) is 5.11 Å². The zero-order chi connectivity index (χ0) is 16.0. The summed E-state index contributed by atoms with van der Waals surface area (Å²) in [6.07, 6.45) is -0.125. The van der Waals surface area contributed by atoms with Crippen LogP contribution in [-0.2, 0) is 26.8 Å². The minimum atomic E-state index is -1.64. The summed E-state index contributed by atoms with van der Waals surface area (Å²) in [6.45, 7) is 1.44. The van der Waals surface area contributed by atoms with Gasteiger partial charge in [0.15, 0.2) is 0 Å². The van der Waals surface area contributed by atoms with E-state index in [1.165, 1.54) is 26.1 Å². The third-order valence-corrected chi connectivity index (χ3v) is 4.26. The Morgan fingerprint density at radius 3 is 2.29 bits per heavy atom. The van der Waals surface area contributed by atoms with Gasteiger partial charge in [0.1, 0.15) is 5.25 Å². The molecule has 0 aliphatic heterocycles. The number of aliphatic carboxylic acids is 1. The molecule has 3 N–H and O–H groups in total. The summed E-state index contributed by atoms with van der Waals surface area (Å²) in [5.74, 6) is -1.61. The van der Waals surface area contributed by atoms with Crippen molar-refractivity contribution in [1.29, 1.82) is 0 Å². The summed E-state index contributed by atoms with van der Waals surface area (Å²) in [7, 11) is -0.271. The van der Waals surface area contributed by atoms with Crippen LogP contribution in [0, 0.1) is 0 Å². The van der Waals surface area contributed by atoms with Crippen LogP contribution in [0.2, 0.25) is 0 Å². The normalized spacial score (nSPS) is 13.0. The average Bonchev–Trinajstić information content (AvgIpc) is 2.45. The second-order valence-corrected chi connectivity index (χ2v) is 6.00. The third-order valence-electron chi connectivity index (χ3n) is 2.67. The van der Waals surface area contributed by atoms with Gasteiger partial charge in [-0.1, -0.05) is 12.1 Å². The number of carboxylic acid groups (broad SMARTS) is 1. The first-order valence-corrected chi connectivity index (χ1v) is 7.30. The lowest BCUT2D eigenvalue weighted by Crippen LogP contribution is -2.43. The van der Waals surface area contributed by atoms with Gasteiger partial charge in [-0.25, -0.2) is 4.79 Å². The van der Waals surface area contributed by atoms with Crippen molar-refractivity contribution in [3.8, 4) is 0 Å². The lowest BCUT2D eigenvalue weighted by atomic mass is 10.2. The van der Waals surface area contributed by atoms with E-state index in [1.807, 2.05) is 0 Å². The van der Waals surface area contributed by atoms with E-state index in [-0.39, 0.29) is 6.42 Å². The smallest absolute Gasteiger partial charge is 0.321 e. The molecule has 21 heavy (non-hydrogen) atoms. The number of carboxylic acids is 1. The Morgan fingerprint density at radius 1 is 1.24 bits per heavy atom. The summed E-state index contributed by atoms with van der Waals surface area (Å²) >= 11 is 0. The number of urea groups is 1. The zero-order valence-electron chi connectivity index (χ0n) is 11.6. The first-order chi connectivity index (χ1) is 9.85. The first kappa shape index (κ1) is 16.8. The number of amides is 3. The van der Waals surface area contributed by atoms with Crippen LogP contribution in [0.4, 0.5) is 4.79 Å². The average molecular weight is 312 g/mol. The van der Waals surface area contributed by atoms with E-state index in [1.54, 1.807) is 12.1 Å². The number of nitrogens with one attached hydrogen (secondary N) is 2. The van der Waals surface area contributed by atoms with E-state index >= 15 is 0 Å². The maximum Gasteiger partial charge on any atom is 0.321 e. The van der Waals surface area contributed by atoms with E-state index in [2.05, 4.69) is 10.6 Å². The molecular formula is C13H16N2O5S. The van der Waals surface area contributed by atoms with Gasteiger partial charge in [0.25, 0.3) is 0 Å². The zero-order valence-corrected chi connectivity index (χ0v) is 12.4. The molecule has 1 aromatic rings. The van der Waals surface area contributed by atoms with Crippen LogP contribution in [0.15, 0.2) is 29.2 Å². The molecular weight excluding hydrogens is 296 g/mol. The molecule has 0 bridgehead atoms. The van der Waals surface area contributed by atoms with Gasteiger partial charge >= 0.3 is 12.0 Å². The molecule has 2 atom stereocenters. The van der Waals surface area contributed by atoms with E-state index in [0.29, 0.717) is 10.5 Å². The van der Waals surface area contributed by atoms with Crippen molar-refractivity contribution in [1.82, 2.24) is 10.6 Å². The van der Waals surface area contributed by atoms with Gasteiger partial charge in [0.2, 0.25) is 5.91 Å². The summed E-state index contributed by atoms with van der Waals surface area (Å²) in [5.41, 5.74) is 0.575. The SMILES string of the molecule is CNC(=O)NC(=O)C(C)S(=O)c1ccc(CC(=O)O)cc1. The van der Waals surface area contributed by atoms with Gasteiger partial charge in [-0.3, -0.25) is 19.1 Å². The quantitative estimate of drug-likeness (QED) is 0.722. The molecule has 0 spiro atoms. The van der Waals surface area contributed by atoms with Crippen molar-refractivity contribution in [3.05, 3.63) is 29.8 Å². The highest BCUT2D eigenvalue weighted by atomic mass is 32.2. The van der Waals surface area contributed by atoms with Gasteiger partial charge < -0.3 is 10.4 Å². The monoisotopic (exact) mass is 312 g/mol. The van der Waals surface area contributed by atoms with Gasteiger partial charge in [-0.2, -0.15) is 0 Å². The highest BCUT2D eigenvalue weighted by molar-refractivity contribution is 7.86. The van der Waals surface area contributed by atoms with Crippen LogP contribution in [0.1, 0.15) is 12.5 Å². The molecule has 0 radical (unpaired) electrons. The topological polar surface area (TPSA) is 113 Å². The number of benzene rings is 1. The third kappa shape index (κ3) is 4.99. The van der Waals surface area contributed by atoms with Gasteiger partial charge in [-0.05, 0) is 24.6 Å². The van der Waals surface area contributed by atoms with Crippen molar-refractivity contribution >= 4 is 28.7 Å². The fraction of sp³-hybridized carbons (Fsp3) is 0.308. The molecule has 2 unspecified atom stereocenters. The Morgan fingerprint density at radius 2 is 1.81 bits per heavy atom. The van der Waals surface area contributed by atoms with Crippen molar-refractivity contribution in [2.24, 2.45) is 0 Å². The van der Waals surface area contributed by atoms with Gasteiger partial charge in [0.05, 0.1) is 17.2 Å². The lowest BCUT2D eigenvalue weighted by molar-refractivity contribution is -0.136. The second-order valence-electron chi connectivity index (χ2n) is 4.22. The fourth-order valence-corrected chi connectivity index (χ4v) is 2.56. The number of hydrogen-bond donors (Lipinski definition) is 3. The molecule has 0 aliphatic rings. The fourth-order valence-electron chi connectivity index (χ4n) is 1.49. The first-order valence-electron chi connectivity index (χ1n) is 6.09. The van der Waals surface area contributed by atoms with Crippen molar-refractivity contribution < 1.29 is 23.7 Å². The maximum absolute atomic E-state index is 12.2. The van der Waals surface area contributed by atoms with E-state index in [9.17, 15) is 18.6 Å². The number of imide groups is 1. The number of rotatable bonds is 5. The van der Waals surface area contributed by atoms with Crippen LogP contribution in [0.3, 0.4) is 0 Å². The Hall–Kier alpha value is -2.22. The molecule has 1 rings (SSSR count). The van der Waals surface area contributed by atoms with E-state index in [0.717, 1.165) is 0 Å². The number of carbonyl (C=O) groups excluding carboxylic acids is 2. The number of hydrogen-bond acceptors (Lipinski definition) is 4. The molecule has 7 nitrogen and oxygen atoms in total. The lowest BCUT2D eigenvalue weighted by Gasteiger charge is -2.11. The predicted octanol–water partition coefficient (Wildman–Crippen LogP) is 0.265. The molecule has 0 aliphatic carbocycles. The van der Waals surface area contributed by atoms with Crippen LogP contribution in [0.25, 0.3) is 0 Å².